The van der Waals surface area contributed by atoms with Gasteiger partial charge in [0.05, 0.1) is 0 Å². The van der Waals surface area contributed by atoms with Gasteiger partial charge >= 0.3 is 11.9 Å². The van der Waals surface area contributed by atoms with Crippen molar-refractivity contribution >= 4 is 11.9 Å². The number of carboxylic acid groups (broad SMARTS) is 2. The molecule has 5 nitrogen and oxygen atoms in total. The van der Waals surface area contributed by atoms with Crippen LogP contribution in [-0.2, 0) is 9.59 Å². The molecule has 0 radical (unpaired) electrons. The standard InChI is InChI=1S/C10H17NO4/c12-9(13)5-4-8(10(14)15)11-6-2-1-3-7-11/h8H,1-7H2,(H,12,13)(H,14,15). The number of likely N-dealkylation sites (tertiary alicyclic amines) is 1. The number of hydrogen-bond donors (Lipinski definition) is 2. The molecule has 1 atom stereocenters. The smallest absolute Gasteiger partial charge is 0.320 e. The second-order valence-corrected chi connectivity index (χ2v) is 3.88. The van der Waals surface area contributed by atoms with Crippen molar-refractivity contribution in [1.29, 1.82) is 0 Å². The van der Waals surface area contributed by atoms with Crippen LogP contribution in [0.2, 0.25) is 0 Å². The molecule has 0 aromatic heterocycles. The monoisotopic (exact) mass is 215 g/mol. The molecule has 86 valence electrons. The third kappa shape index (κ3) is 3.87. The van der Waals surface area contributed by atoms with E-state index in [1.54, 1.807) is 0 Å². The van der Waals surface area contributed by atoms with Crippen LogP contribution in [0, 0.1) is 0 Å². The SMILES string of the molecule is O=C(O)CCC(C(=O)O)N1CCCCC1. The molecule has 1 aliphatic heterocycles. The Morgan fingerprint density at radius 3 is 2.20 bits per heavy atom. The van der Waals surface area contributed by atoms with Gasteiger partial charge in [-0.05, 0) is 32.4 Å². The maximum Gasteiger partial charge on any atom is 0.320 e. The fraction of sp³-hybridized carbons (Fsp3) is 0.800. The molecule has 1 rings (SSSR count). The number of aliphatic carboxylic acids is 2. The van der Waals surface area contributed by atoms with Gasteiger partial charge in [0.25, 0.3) is 0 Å². The van der Waals surface area contributed by atoms with E-state index in [1.807, 2.05) is 4.90 Å². The normalized spacial score (nSPS) is 19.7. The van der Waals surface area contributed by atoms with E-state index in [0.29, 0.717) is 0 Å². The first-order valence-corrected chi connectivity index (χ1v) is 5.30. The first kappa shape index (κ1) is 12.0. The number of carbonyl (C=O) groups is 2. The number of rotatable bonds is 5. The highest BCUT2D eigenvalue weighted by Gasteiger charge is 2.26. The fourth-order valence-corrected chi connectivity index (χ4v) is 1.95. The quantitative estimate of drug-likeness (QED) is 0.709. The predicted octanol–water partition coefficient (Wildman–Crippen LogP) is 0.790. The summed E-state index contributed by atoms with van der Waals surface area (Å²) in [5.74, 6) is -1.84. The summed E-state index contributed by atoms with van der Waals surface area (Å²) in [6.45, 7) is 1.55. The van der Waals surface area contributed by atoms with Crippen LogP contribution >= 0.6 is 0 Å². The van der Waals surface area contributed by atoms with Gasteiger partial charge in [-0.2, -0.15) is 0 Å². The van der Waals surface area contributed by atoms with Crippen molar-refractivity contribution in [2.45, 2.75) is 38.1 Å². The zero-order valence-electron chi connectivity index (χ0n) is 8.69. The lowest BCUT2D eigenvalue weighted by atomic mass is 10.0. The van der Waals surface area contributed by atoms with Crippen LogP contribution in [0.4, 0.5) is 0 Å². The number of hydrogen-bond acceptors (Lipinski definition) is 3. The van der Waals surface area contributed by atoms with E-state index < -0.39 is 18.0 Å². The number of nitrogens with zero attached hydrogens (tertiary/aromatic N) is 1. The minimum Gasteiger partial charge on any atom is -0.481 e. The summed E-state index contributed by atoms with van der Waals surface area (Å²) in [5.41, 5.74) is 0. The van der Waals surface area contributed by atoms with Crippen LogP contribution in [0.3, 0.4) is 0 Å². The molecule has 1 saturated heterocycles. The highest BCUT2D eigenvalue weighted by Crippen LogP contribution is 2.15. The van der Waals surface area contributed by atoms with Crippen LogP contribution < -0.4 is 0 Å². The lowest BCUT2D eigenvalue weighted by Gasteiger charge is -2.31. The van der Waals surface area contributed by atoms with Crippen molar-refractivity contribution in [3.05, 3.63) is 0 Å². The Morgan fingerprint density at radius 1 is 1.13 bits per heavy atom. The highest BCUT2D eigenvalue weighted by atomic mass is 16.4. The second-order valence-electron chi connectivity index (χ2n) is 3.88. The molecule has 1 heterocycles. The third-order valence-corrected chi connectivity index (χ3v) is 2.75. The Morgan fingerprint density at radius 2 is 1.73 bits per heavy atom. The minimum absolute atomic E-state index is 0.0759. The molecule has 0 bridgehead atoms. The van der Waals surface area contributed by atoms with E-state index in [1.165, 1.54) is 0 Å². The third-order valence-electron chi connectivity index (χ3n) is 2.75. The van der Waals surface area contributed by atoms with E-state index in [4.69, 9.17) is 10.2 Å². The predicted molar refractivity (Wildman–Crippen MR) is 53.7 cm³/mol. The molecule has 5 heteroatoms. The summed E-state index contributed by atoms with van der Waals surface area (Å²) in [5, 5.41) is 17.5. The molecule has 0 spiro atoms. The van der Waals surface area contributed by atoms with Crippen molar-refractivity contribution in [2.24, 2.45) is 0 Å². The van der Waals surface area contributed by atoms with E-state index in [-0.39, 0.29) is 12.8 Å². The van der Waals surface area contributed by atoms with Gasteiger partial charge in [0, 0.05) is 6.42 Å². The maximum absolute atomic E-state index is 11.0. The van der Waals surface area contributed by atoms with Gasteiger partial charge in [-0.25, -0.2) is 0 Å². The maximum atomic E-state index is 11.0. The van der Waals surface area contributed by atoms with Crippen molar-refractivity contribution in [3.63, 3.8) is 0 Å². The Hall–Kier alpha value is -1.10. The zero-order chi connectivity index (χ0) is 11.3. The van der Waals surface area contributed by atoms with Crippen molar-refractivity contribution in [3.8, 4) is 0 Å². The number of piperidine rings is 1. The molecule has 0 saturated carbocycles. The van der Waals surface area contributed by atoms with Gasteiger partial charge in [-0.1, -0.05) is 6.42 Å². The Bertz CT molecular complexity index is 236. The molecule has 0 aliphatic carbocycles. The summed E-state index contributed by atoms with van der Waals surface area (Å²) >= 11 is 0. The molecular formula is C10H17NO4. The molecule has 1 aliphatic rings. The van der Waals surface area contributed by atoms with Crippen LogP contribution in [0.5, 0.6) is 0 Å². The second kappa shape index (κ2) is 5.70. The molecule has 0 aromatic carbocycles. The molecule has 1 unspecified atom stereocenters. The minimum atomic E-state index is -0.932. The molecule has 1 fully saturated rings. The Kier molecular flexibility index (Phi) is 4.55. The van der Waals surface area contributed by atoms with Crippen LogP contribution in [-0.4, -0.2) is 46.2 Å². The highest BCUT2D eigenvalue weighted by molar-refractivity contribution is 5.75. The first-order chi connectivity index (χ1) is 7.11. The van der Waals surface area contributed by atoms with Crippen LogP contribution in [0.1, 0.15) is 32.1 Å². The van der Waals surface area contributed by atoms with Crippen molar-refractivity contribution in [2.75, 3.05) is 13.1 Å². The summed E-state index contributed by atoms with van der Waals surface area (Å²) < 4.78 is 0. The van der Waals surface area contributed by atoms with E-state index in [2.05, 4.69) is 0 Å². The van der Waals surface area contributed by atoms with Gasteiger partial charge in [-0.3, -0.25) is 14.5 Å². The molecule has 0 amide bonds. The Labute approximate surface area is 88.7 Å². The topological polar surface area (TPSA) is 77.8 Å². The zero-order valence-corrected chi connectivity index (χ0v) is 8.69. The summed E-state index contributed by atoms with van der Waals surface area (Å²) in [4.78, 5) is 23.3. The van der Waals surface area contributed by atoms with Gasteiger partial charge in [0.15, 0.2) is 0 Å². The average Bonchev–Trinajstić information content (AvgIpc) is 2.18. The fourth-order valence-electron chi connectivity index (χ4n) is 1.95. The van der Waals surface area contributed by atoms with E-state index in [9.17, 15) is 9.59 Å². The summed E-state index contributed by atoms with van der Waals surface area (Å²) in [7, 11) is 0. The lowest BCUT2D eigenvalue weighted by Crippen LogP contribution is -2.44. The van der Waals surface area contributed by atoms with Gasteiger partial charge < -0.3 is 10.2 Å². The van der Waals surface area contributed by atoms with Crippen LogP contribution in [0.25, 0.3) is 0 Å². The van der Waals surface area contributed by atoms with Gasteiger partial charge in [0.1, 0.15) is 6.04 Å². The van der Waals surface area contributed by atoms with Crippen LogP contribution in [0.15, 0.2) is 0 Å². The largest absolute Gasteiger partial charge is 0.481 e. The van der Waals surface area contributed by atoms with E-state index >= 15 is 0 Å². The Balaban J connectivity index is 2.48. The molecule has 15 heavy (non-hydrogen) atoms. The summed E-state index contributed by atoms with van der Waals surface area (Å²) in [6.07, 6.45) is 3.29. The molecule has 0 aromatic rings. The van der Waals surface area contributed by atoms with E-state index in [0.717, 1.165) is 32.4 Å². The number of carboxylic acids is 2. The summed E-state index contributed by atoms with van der Waals surface area (Å²) in [6, 6.07) is -0.624. The molecular weight excluding hydrogens is 198 g/mol. The molecule has 2 N–H and O–H groups in total. The van der Waals surface area contributed by atoms with Gasteiger partial charge in [0.2, 0.25) is 0 Å². The first-order valence-electron chi connectivity index (χ1n) is 5.30. The van der Waals surface area contributed by atoms with Crippen molar-refractivity contribution in [1.82, 2.24) is 4.90 Å². The average molecular weight is 215 g/mol. The lowest BCUT2D eigenvalue weighted by molar-refractivity contribution is -0.144. The van der Waals surface area contributed by atoms with Crippen molar-refractivity contribution < 1.29 is 19.8 Å². The van der Waals surface area contributed by atoms with Gasteiger partial charge in [-0.15, -0.1) is 0 Å².